The van der Waals surface area contributed by atoms with Crippen molar-refractivity contribution in [2.45, 2.75) is 91.3 Å². The molecule has 1 fully saturated rings. The summed E-state index contributed by atoms with van der Waals surface area (Å²) >= 11 is 0. The lowest BCUT2D eigenvalue weighted by atomic mass is 10.0. The predicted molar refractivity (Wildman–Crippen MR) is 154 cm³/mol. The molecular weight excluding hydrogens is 536 g/mol. The first-order chi connectivity index (χ1) is 19.0. The first kappa shape index (κ1) is 35.3. The highest BCUT2D eigenvalue weighted by molar-refractivity contribution is 7.84. The molecule has 0 aromatic heterocycles. The molecule has 0 saturated carbocycles. The van der Waals surface area contributed by atoms with Gasteiger partial charge >= 0.3 is 16.4 Å². The van der Waals surface area contributed by atoms with Gasteiger partial charge in [0, 0.05) is 0 Å². The topological polar surface area (TPSA) is 142 Å². The molecule has 1 aliphatic heterocycles. The summed E-state index contributed by atoms with van der Waals surface area (Å²) in [5, 5.41) is 4.10. The third-order valence-electron chi connectivity index (χ3n) is 7.03. The summed E-state index contributed by atoms with van der Waals surface area (Å²) in [5.74, 6) is -1.20. The molecule has 0 spiro atoms. The Kier molecular flexibility index (Phi) is 15.8. The molecule has 0 radical (unpaired) electrons. The van der Waals surface area contributed by atoms with E-state index in [0.29, 0.717) is 5.56 Å². The molecule has 2 rings (SSSR count). The maximum atomic E-state index is 11.8. The third-order valence-corrected chi connectivity index (χ3v) is 7.88. The number of rotatable bonds is 18. The Hall–Kier alpha value is -2.70. The minimum absolute atomic E-state index is 0.0833. The number of unbranched alkanes of at least 4 members (excludes halogenated alkanes) is 4. The van der Waals surface area contributed by atoms with E-state index < -0.39 is 34.5 Å². The van der Waals surface area contributed by atoms with E-state index in [2.05, 4.69) is 33.0 Å². The highest BCUT2D eigenvalue weighted by Gasteiger charge is 2.58. The van der Waals surface area contributed by atoms with Gasteiger partial charge in [-0.3, -0.25) is 19.5 Å². The Morgan fingerprint density at radius 2 is 1.45 bits per heavy atom. The molecule has 1 saturated heterocycles. The van der Waals surface area contributed by atoms with Gasteiger partial charge in [0.15, 0.2) is 0 Å². The Labute approximate surface area is 240 Å². The van der Waals surface area contributed by atoms with Gasteiger partial charge in [0.05, 0.1) is 32.7 Å². The van der Waals surface area contributed by atoms with E-state index in [9.17, 15) is 22.8 Å². The number of hydrogen-bond acceptors (Lipinski definition) is 6. The zero-order valence-electron chi connectivity index (χ0n) is 24.6. The first-order valence-corrected chi connectivity index (χ1v) is 15.8. The van der Waals surface area contributed by atoms with Crippen LogP contribution in [-0.2, 0) is 31.2 Å². The molecule has 11 nitrogen and oxygen atoms in total. The number of ether oxygens (including phenoxy) is 1. The smallest absolute Gasteiger partial charge is 0.409 e. The van der Waals surface area contributed by atoms with Crippen LogP contribution in [0, 0.1) is 0 Å². The summed E-state index contributed by atoms with van der Waals surface area (Å²) in [4.78, 5) is 34.1. The maximum Gasteiger partial charge on any atom is 0.409 e. The van der Waals surface area contributed by atoms with Gasteiger partial charge in [-0.05, 0) is 31.2 Å². The summed E-state index contributed by atoms with van der Waals surface area (Å²) in [5.41, 5.74) is -1.27. The van der Waals surface area contributed by atoms with Crippen LogP contribution in [0.1, 0.15) is 84.6 Å². The Morgan fingerprint density at radius 3 is 1.82 bits per heavy atom. The molecule has 1 aromatic rings. The van der Waals surface area contributed by atoms with Crippen LogP contribution >= 0.6 is 0 Å². The second-order valence-electron chi connectivity index (χ2n) is 10.3. The fourth-order valence-corrected chi connectivity index (χ4v) is 5.30. The van der Waals surface area contributed by atoms with Gasteiger partial charge in [-0.25, -0.2) is 9.10 Å². The van der Waals surface area contributed by atoms with Gasteiger partial charge in [0.25, 0.3) is 5.91 Å². The molecular formula is C28H49N4O7S+. The average molecular weight is 586 g/mol. The molecule has 228 valence electrons. The first-order valence-electron chi connectivity index (χ1n) is 14.4. The van der Waals surface area contributed by atoms with Crippen molar-refractivity contribution < 1.29 is 36.6 Å². The largest absolute Gasteiger partial charge is 0.445 e. The minimum atomic E-state index is -4.76. The fourth-order valence-electron chi connectivity index (χ4n) is 4.58. The Balaban J connectivity index is 0.000000421. The fraction of sp³-hybridized carbons (Fsp3) is 0.679. The minimum Gasteiger partial charge on any atom is -0.445 e. The van der Waals surface area contributed by atoms with Crippen molar-refractivity contribution in [1.29, 1.82) is 0 Å². The highest BCUT2D eigenvalue weighted by Crippen LogP contribution is 2.23. The number of carbonyl (C=O) groups excluding carboxylic acids is 3. The number of quaternary nitrogens is 1. The molecule has 1 unspecified atom stereocenters. The average Bonchev–Trinajstić information content (AvgIpc) is 2.94. The van der Waals surface area contributed by atoms with Crippen LogP contribution in [-0.4, -0.2) is 78.6 Å². The molecule has 40 heavy (non-hydrogen) atoms. The SMILES string of the molecule is CCCC[N+](CCCC)(CCCC)CCCC.O=CNC1(NC(=O)OCc2ccccc2)CN(S(=O)(=O)O)C1=O. The van der Waals surface area contributed by atoms with E-state index in [4.69, 9.17) is 9.29 Å². The van der Waals surface area contributed by atoms with Gasteiger partial charge in [-0.15, -0.1) is 0 Å². The van der Waals surface area contributed by atoms with Crippen LogP contribution in [0.25, 0.3) is 0 Å². The van der Waals surface area contributed by atoms with Crippen LogP contribution in [0.15, 0.2) is 30.3 Å². The van der Waals surface area contributed by atoms with E-state index in [1.807, 2.05) is 5.32 Å². The molecule has 1 aliphatic rings. The Bertz CT molecular complexity index is 970. The molecule has 0 bridgehead atoms. The lowest BCUT2D eigenvalue weighted by molar-refractivity contribution is -0.929. The van der Waals surface area contributed by atoms with Crippen molar-refractivity contribution in [3.05, 3.63) is 35.9 Å². The third kappa shape index (κ3) is 11.4. The molecule has 3 amide bonds. The number of carbonyl (C=O) groups is 3. The molecule has 1 heterocycles. The molecule has 12 heteroatoms. The summed E-state index contributed by atoms with van der Waals surface area (Å²) in [6.45, 7) is 14.3. The summed E-state index contributed by atoms with van der Waals surface area (Å²) < 4.78 is 37.0. The van der Waals surface area contributed by atoms with Gasteiger partial charge in [0.1, 0.15) is 6.61 Å². The molecule has 1 atom stereocenters. The van der Waals surface area contributed by atoms with Gasteiger partial charge < -0.3 is 14.5 Å². The molecule has 0 aliphatic carbocycles. The monoisotopic (exact) mass is 585 g/mol. The van der Waals surface area contributed by atoms with Crippen LogP contribution in [0.5, 0.6) is 0 Å². The predicted octanol–water partition coefficient (Wildman–Crippen LogP) is 4.00. The van der Waals surface area contributed by atoms with Gasteiger partial charge in [0.2, 0.25) is 12.1 Å². The van der Waals surface area contributed by atoms with Crippen molar-refractivity contribution in [3.63, 3.8) is 0 Å². The van der Waals surface area contributed by atoms with E-state index in [0.717, 1.165) is 0 Å². The van der Waals surface area contributed by atoms with E-state index in [1.165, 1.54) is 82.0 Å². The van der Waals surface area contributed by atoms with Crippen LogP contribution in [0.3, 0.4) is 0 Å². The Morgan fingerprint density at radius 1 is 0.975 bits per heavy atom. The van der Waals surface area contributed by atoms with Crippen LogP contribution in [0.4, 0.5) is 4.79 Å². The maximum absolute atomic E-state index is 11.8. The second kappa shape index (κ2) is 17.9. The number of β-lactam (4-membered cyclic amide) rings is 1. The lowest BCUT2D eigenvalue weighted by Crippen LogP contribution is -2.81. The quantitative estimate of drug-likeness (QED) is 0.0777. The van der Waals surface area contributed by atoms with E-state index >= 15 is 0 Å². The summed E-state index contributed by atoms with van der Waals surface area (Å²) in [6.07, 6.45) is 10.1. The van der Waals surface area contributed by atoms with Crippen molar-refractivity contribution in [3.8, 4) is 0 Å². The normalized spacial score (nSPS) is 16.8. The number of nitrogens with one attached hydrogen (secondary N) is 2. The second-order valence-corrected chi connectivity index (χ2v) is 11.6. The summed E-state index contributed by atoms with van der Waals surface area (Å²) in [7, 11) is -4.76. The van der Waals surface area contributed by atoms with Gasteiger partial charge in [-0.2, -0.15) is 8.42 Å². The van der Waals surface area contributed by atoms with Gasteiger partial charge in [-0.1, -0.05) is 83.7 Å². The van der Waals surface area contributed by atoms with Crippen molar-refractivity contribution in [2.24, 2.45) is 0 Å². The number of hydrogen-bond donors (Lipinski definition) is 3. The van der Waals surface area contributed by atoms with Crippen molar-refractivity contribution in [1.82, 2.24) is 14.9 Å². The standard InChI is InChI=1S/C16H36N.C12H13N3O7S/c1-5-9-13-17(14-10-6-2,15-11-7-3)16-12-8-4;16-8-13-12(7-15(10(12)17)23(19,20)21)14-11(18)22-6-9-4-2-1-3-5-9/h5-16H2,1-4H3;1-5,8H,6-7H2,(H,13,16)(H,14,18)(H,19,20,21)/q+1;. The van der Waals surface area contributed by atoms with E-state index in [-0.39, 0.29) is 17.3 Å². The van der Waals surface area contributed by atoms with Crippen LogP contribution < -0.4 is 10.6 Å². The highest BCUT2D eigenvalue weighted by atomic mass is 32.2. The number of nitrogens with zero attached hydrogens (tertiary/aromatic N) is 2. The number of benzene rings is 1. The van der Waals surface area contributed by atoms with Crippen molar-refractivity contribution >= 4 is 28.7 Å². The van der Waals surface area contributed by atoms with E-state index in [1.54, 1.807) is 30.3 Å². The zero-order chi connectivity index (χ0) is 30.1. The van der Waals surface area contributed by atoms with Crippen LogP contribution in [0.2, 0.25) is 0 Å². The number of amides is 3. The number of alkyl carbamates (subject to hydrolysis) is 1. The summed E-state index contributed by atoms with van der Waals surface area (Å²) in [6, 6.07) is 8.68. The molecule has 1 aromatic carbocycles. The lowest BCUT2D eigenvalue weighted by Gasteiger charge is -2.45. The van der Waals surface area contributed by atoms with Crippen molar-refractivity contribution in [2.75, 3.05) is 32.7 Å². The molecule has 3 N–H and O–H groups in total. The zero-order valence-corrected chi connectivity index (χ0v) is 25.4.